The number of allylic oxidation sites excluding steroid dienone is 3. The van der Waals surface area contributed by atoms with E-state index in [-0.39, 0.29) is 11.8 Å². The van der Waals surface area contributed by atoms with Crippen molar-refractivity contribution in [2.75, 3.05) is 23.7 Å². The summed E-state index contributed by atoms with van der Waals surface area (Å²) in [6.07, 6.45) is 4.35. The van der Waals surface area contributed by atoms with Gasteiger partial charge in [0.2, 0.25) is 0 Å². The number of benzene rings is 2. The summed E-state index contributed by atoms with van der Waals surface area (Å²) in [7, 11) is 0. The SMILES string of the molecule is CCN=C1C=C2Nc3cc(NCC)c(C)cc3[C@H](c3ccccc3C(=O)O)[C@H]2C=C1C. The maximum Gasteiger partial charge on any atom is 0.335 e. The highest BCUT2D eigenvalue weighted by molar-refractivity contribution is 6.10. The Morgan fingerprint density at radius 1 is 1.16 bits per heavy atom. The number of anilines is 2. The second-order valence-electron chi connectivity index (χ2n) is 8.11. The van der Waals surface area contributed by atoms with Gasteiger partial charge >= 0.3 is 5.97 Å². The van der Waals surface area contributed by atoms with Crippen LogP contribution in [-0.2, 0) is 0 Å². The summed E-state index contributed by atoms with van der Waals surface area (Å²) in [6.45, 7) is 9.85. The van der Waals surface area contributed by atoms with Gasteiger partial charge in [0, 0.05) is 42.0 Å². The van der Waals surface area contributed by atoms with Gasteiger partial charge in [-0.1, -0.05) is 30.3 Å². The Bertz CT molecular complexity index is 1130. The molecule has 2 aromatic carbocycles. The molecule has 31 heavy (non-hydrogen) atoms. The normalized spacial score (nSPS) is 20.8. The summed E-state index contributed by atoms with van der Waals surface area (Å²) < 4.78 is 0. The molecule has 0 bridgehead atoms. The van der Waals surface area contributed by atoms with Crippen molar-refractivity contribution in [1.29, 1.82) is 0 Å². The molecule has 2 atom stereocenters. The van der Waals surface area contributed by atoms with Crippen LogP contribution in [0.5, 0.6) is 0 Å². The summed E-state index contributed by atoms with van der Waals surface area (Å²) in [4.78, 5) is 16.7. The van der Waals surface area contributed by atoms with Crippen LogP contribution in [0.15, 0.2) is 64.8 Å². The summed E-state index contributed by atoms with van der Waals surface area (Å²) in [5, 5.41) is 17.0. The molecule has 1 aliphatic heterocycles. The minimum atomic E-state index is -0.896. The van der Waals surface area contributed by atoms with Crippen LogP contribution in [0, 0.1) is 12.8 Å². The molecule has 4 rings (SSSR count). The van der Waals surface area contributed by atoms with E-state index in [1.54, 1.807) is 12.1 Å². The molecule has 0 unspecified atom stereocenters. The third kappa shape index (κ3) is 3.76. The highest BCUT2D eigenvalue weighted by Gasteiger charge is 2.37. The van der Waals surface area contributed by atoms with E-state index in [1.165, 1.54) is 0 Å². The van der Waals surface area contributed by atoms with E-state index >= 15 is 0 Å². The van der Waals surface area contributed by atoms with Crippen LogP contribution in [0.4, 0.5) is 11.4 Å². The summed E-state index contributed by atoms with van der Waals surface area (Å²) in [5.74, 6) is -0.970. The molecule has 0 radical (unpaired) electrons. The summed E-state index contributed by atoms with van der Waals surface area (Å²) in [6, 6.07) is 11.7. The number of hydrogen-bond acceptors (Lipinski definition) is 4. The number of carboxylic acids is 1. The average Bonchev–Trinajstić information content (AvgIpc) is 2.74. The Labute approximate surface area is 183 Å². The Morgan fingerprint density at radius 3 is 2.65 bits per heavy atom. The van der Waals surface area contributed by atoms with Gasteiger partial charge in [0.15, 0.2) is 0 Å². The quantitative estimate of drug-likeness (QED) is 0.594. The molecule has 0 saturated carbocycles. The largest absolute Gasteiger partial charge is 0.478 e. The Balaban J connectivity index is 1.96. The van der Waals surface area contributed by atoms with E-state index in [0.29, 0.717) is 5.56 Å². The molecule has 0 amide bonds. The van der Waals surface area contributed by atoms with Crippen molar-refractivity contribution in [2.24, 2.45) is 10.9 Å². The molecule has 5 heteroatoms. The number of nitrogens with one attached hydrogen (secondary N) is 2. The van der Waals surface area contributed by atoms with Crippen LogP contribution in [-0.4, -0.2) is 29.9 Å². The molecule has 160 valence electrons. The first-order chi connectivity index (χ1) is 14.9. The van der Waals surface area contributed by atoms with Crippen LogP contribution in [0.2, 0.25) is 0 Å². The number of aliphatic imine (C=N–C) groups is 1. The molecule has 2 aromatic rings. The molecule has 5 nitrogen and oxygen atoms in total. The second-order valence-corrected chi connectivity index (χ2v) is 8.11. The molecule has 2 aliphatic rings. The van der Waals surface area contributed by atoms with Crippen molar-refractivity contribution in [2.45, 2.75) is 33.6 Å². The number of carbonyl (C=O) groups is 1. The summed E-state index contributed by atoms with van der Waals surface area (Å²) >= 11 is 0. The number of hydrogen-bond donors (Lipinski definition) is 3. The highest BCUT2D eigenvalue weighted by Crippen LogP contribution is 2.48. The molecular formula is C26H29N3O2. The smallest absolute Gasteiger partial charge is 0.335 e. The van der Waals surface area contributed by atoms with Crippen LogP contribution in [0.25, 0.3) is 0 Å². The Morgan fingerprint density at radius 2 is 1.94 bits per heavy atom. The monoisotopic (exact) mass is 415 g/mol. The minimum absolute atomic E-state index is 0.0215. The molecule has 0 aromatic heterocycles. The molecule has 3 N–H and O–H groups in total. The number of aryl methyl sites for hydroxylation is 1. The number of aromatic carboxylic acids is 1. The van der Waals surface area contributed by atoms with Crippen LogP contribution in [0.1, 0.15) is 53.7 Å². The fourth-order valence-corrected chi connectivity index (χ4v) is 4.69. The van der Waals surface area contributed by atoms with Gasteiger partial charge in [0.1, 0.15) is 0 Å². The first kappa shape index (κ1) is 20.9. The van der Waals surface area contributed by atoms with Crippen molar-refractivity contribution in [1.82, 2.24) is 0 Å². The molecule has 1 heterocycles. The lowest BCUT2D eigenvalue weighted by Crippen LogP contribution is -2.30. The fourth-order valence-electron chi connectivity index (χ4n) is 4.69. The van der Waals surface area contributed by atoms with Crippen molar-refractivity contribution >= 4 is 23.1 Å². The number of nitrogens with zero attached hydrogens (tertiary/aromatic N) is 1. The zero-order valence-electron chi connectivity index (χ0n) is 18.5. The average molecular weight is 416 g/mol. The van der Waals surface area contributed by atoms with Gasteiger partial charge < -0.3 is 15.7 Å². The van der Waals surface area contributed by atoms with Crippen LogP contribution < -0.4 is 10.6 Å². The first-order valence-corrected chi connectivity index (χ1v) is 10.9. The molecule has 0 spiro atoms. The molecule has 0 fully saturated rings. The van der Waals surface area contributed by atoms with Crippen molar-refractivity contribution in [3.8, 4) is 0 Å². The zero-order valence-corrected chi connectivity index (χ0v) is 18.5. The van der Waals surface area contributed by atoms with Gasteiger partial charge in [-0.15, -0.1) is 0 Å². The third-order valence-electron chi connectivity index (χ3n) is 6.08. The number of rotatable bonds is 5. The topological polar surface area (TPSA) is 73.7 Å². The fraction of sp³-hybridized carbons (Fsp3) is 0.308. The van der Waals surface area contributed by atoms with Crippen molar-refractivity contribution in [3.63, 3.8) is 0 Å². The predicted molar refractivity (Wildman–Crippen MR) is 128 cm³/mol. The first-order valence-electron chi connectivity index (χ1n) is 10.9. The van der Waals surface area contributed by atoms with Gasteiger partial charge in [-0.25, -0.2) is 4.79 Å². The molecular weight excluding hydrogens is 386 g/mol. The van der Waals surface area contributed by atoms with Crippen molar-refractivity contribution < 1.29 is 9.90 Å². The lowest BCUT2D eigenvalue weighted by Gasteiger charge is -2.38. The van der Waals surface area contributed by atoms with E-state index in [1.807, 2.05) is 19.1 Å². The maximum atomic E-state index is 12.1. The van der Waals surface area contributed by atoms with Crippen molar-refractivity contribution in [3.05, 3.63) is 82.1 Å². The molecule has 1 aliphatic carbocycles. The lowest BCUT2D eigenvalue weighted by atomic mass is 9.71. The Hall–Kier alpha value is -3.34. The zero-order chi connectivity index (χ0) is 22.1. The highest BCUT2D eigenvalue weighted by atomic mass is 16.4. The minimum Gasteiger partial charge on any atom is -0.478 e. The maximum absolute atomic E-state index is 12.1. The van der Waals surface area contributed by atoms with Gasteiger partial charge in [-0.3, -0.25) is 4.99 Å². The molecule has 0 saturated heterocycles. The standard InChI is InChI=1S/C26H29N3O2/c1-5-27-21-13-23-19(11-15(21)3)25(17-9-7-8-10-18(17)26(30)31)20-12-16(4)22(28-6-2)14-24(20)29-23/h7-14,19,25,28-29H,5-6H2,1-4H3,(H,30,31)/t19-,25+/m0/s1. The van der Waals surface area contributed by atoms with E-state index in [9.17, 15) is 9.90 Å². The van der Waals surface area contributed by atoms with E-state index in [4.69, 9.17) is 0 Å². The van der Waals surface area contributed by atoms with Crippen LogP contribution >= 0.6 is 0 Å². The van der Waals surface area contributed by atoms with Gasteiger partial charge in [-0.2, -0.15) is 0 Å². The second kappa shape index (κ2) is 8.42. The van der Waals surface area contributed by atoms with E-state index in [0.717, 1.165) is 58.1 Å². The van der Waals surface area contributed by atoms with Gasteiger partial charge in [0.25, 0.3) is 0 Å². The van der Waals surface area contributed by atoms with Gasteiger partial charge in [0.05, 0.1) is 11.3 Å². The summed E-state index contributed by atoms with van der Waals surface area (Å²) in [5.41, 5.74) is 8.72. The lowest BCUT2D eigenvalue weighted by molar-refractivity contribution is 0.0695. The van der Waals surface area contributed by atoms with Gasteiger partial charge in [-0.05, 0) is 68.2 Å². The number of fused-ring (bicyclic) bond motifs is 2. The van der Waals surface area contributed by atoms with E-state index in [2.05, 4.69) is 60.7 Å². The number of carboxylic acid groups (broad SMARTS) is 1. The van der Waals surface area contributed by atoms with Crippen LogP contribution in [0.3, 0.4) is 0 Å². The third-order valence-corrected chi connectivity index (χ3v) is 6.08. The Kier molecular flexibility index (Phi) is 5.68. The van der Waals surface area contributed by atoms with E-state index < -0.39 is 5.97 Å². The predicted octanol–water partition coefficient (Wildman–Crippen LogP) is 5.60.